The zero-order valence-corrected chi connectivity index (χ0v) is 22.1. The van der Waals surface area contributed by atoms with Crippen LogP contribution in [0.5, 0.6) is 5.75 Å². The highest BCUT2D eigenvalue weighted by atomic mass is 16.5. The largest absolute Gasteiger partial charge is 0.485 e. The Morgan fingerprint density at radius 3 is 2.62 bits per heavy atom. The van der Waals surface area contributed by atoms with Crippen LogP contribution in [-0.2, 0) is 4.79 Å². The standard InChI is InChI=1S/C29H36N4O4/c1-6-29(5)15-23(34)33(27(30)32-29)21-13-16(2)18-12-11-17(14-20(18)21)26(36)31-24-19-9-7-8-10-22(19)37-28(3,4)25(24)35/h7-12,14,16,21,24-25,35H,6,13,15H2,1-5H3,(H2,30,32)(H,31,36)/t16-,21?,24+,25-,29+/m0/s1. The number of nitrogens with one attached hydrogen (secondary N) is 1. The van der Waals surface area contributed by atoms with Gasteiger partial charge in [-0.2, -0.15) is 0 Å². The number of para-hydroxylation sites is 1. The van der Waals surface area contributed by atoms with Crippen LogP contribution in [0.1, 0.15) is 98.9 Å². The Morgan fingerprint density at radius 1 is 1.19 bits per heavy atom. The van der Waals surface area contributed by atoms with Crippen LogP contribution in [-0.4, -0.2) is 45.0 Å². The molecule has 8 nitrogen and oxygen atoms in total. The highest BCUT2D eigenvalue weighted by Crippen LogP contribution is 2.45. The van der Waals surface area contributed by atoms with Crippen molar-refractivity contribution in [3.8, 4) is 5.75 Å². The number of aliphatic hydroxyl groups excluding tert-OH is 1. The lowest BCUT2D eigenvalue weighted by molar-refractivity contribution is -0.131. The van der Waals surface area contributed by atoms with E-state index in [0.717, 1.165) is 23.1 Å². The number of fused-ring (bicyclic) bond motifs is 2. The molecule has 0 saturated carbocycles. The van der Waals surface area contributed by atoms with Crippen molar-refractivity contribution in [2.45, 2.75) is 89.1 Å². The molecule has 2 aromatic rings. The Kier molecular flexibility index (Phi) is 6.06. The van der Waals surface area contributed by atoms with Crippen LogP contribution in [0.4, 0.5) is 0 Å². The molecule has 0 radical (unpaired) electrons. The zero-order valence-electron chi connectivity index (χ0n) is 22.1. The van der Waals surface area contributed by atoms with Crippen LogP contribution in [0.25, 0.3) is 0 Å². The molecule has 2 heterocycles. The second-order valence-electron chi connectivity index (χ2n) is 11.4. The van der Waals surface area contributed by atoms with E-state index in [4.69, 9.17) is 10.5 Å². The van der Waals surface area contributed by atoms with Crippen LogP contribution in [0.2, 0.25) is 0 Å². The van der Waals surface area contributed by atoms with Crippen molar-refractivity contribution < 1.29 is 19.4 Å². The van der Waals surface area contributed by atoms with Crippen molar-refractivity contribution >= 4 is 17.8 Å². The van der Waals surface area contributed by atoms with Gasteiger partial charge in [0.15, 0.2) is 5.96 Å². The maximum atomic E-state index is 13.5. The van der Waals surface area contributed by atoms with Gasteiger partial charge in [-0.15, -0.1) is 0 Å². The summed E-state index contributed by atoms with van der Waals surface area (Å²) in [7, 11) is 0. The highest BCUT2D eigenvalue weighted by molar-refractivity contribution is 6.00. The van der Waals surface area contributed by atoms with E-state index < -0.39 is 23.3 Å². The van der Waals surface area contributed by atoms with Gasteiger partial charge < -0.3 is 20.9 Å². The summed E-state index contributed by atoms with van der Waals surface area (Å²) in [6, 6.07) is 12.1. The molecule has 2 aliphatic heterocycles. The number of benzene rings is 2. The zero-order chi connectivity index (χ0) is 26.7. The molecule has 2 aromatic carbocycles. The minimum absolute atomic E-state index is 0.0408. The fourth-order valence-corrected chi connectivity index (χ4v) is 5.86. The van der Waals surface area contributed by atoms with E-state index in [1.165, 1.54) is 0 Å². The summed E-state index contributed by atoms with van der Waals surface area (Å²) in [6.07, 6.45) is 0.809. The summed E-state index contributed by atoms with van der Waals surface area (Å²) in [5.41, 5.74) is 8.20. The molecule has 1 unspecified atom stereocenters. The molecular formula is C29H36N4O4. The summed E-state index contributed by atoms with van der Waals surface area (Å²) in [4.78, 5) is 33.0. The molecule has 0 fully saturated rings. The van der Waals surface area contributed by atoms with Gasteiger partial charge in [0, 0.05) is 11.1 Å². The van der Waals surface area contributed by atoms with Crippen LogP contribution in [0, 0.1) is 0 Å². The number of hydrogen-bond donors (Lipinski definition) is 3. The number of aliphatic hydroxyl groups is 1. The normalized spacial score (nSPS) is 30.2. The van der Waals surface area contributed by atoms with Gasteiger partial charge >= 0.3 is 0 Å². The van der Waals surface area contributed by atoms with Gasteiger partial charge in [-0.05, 0) is 68.9 Å². The molecule has 37 heavy (non-hydrogen) atoms. The Balaban J connectivity index is 1.46. The Bertz CT molecular complexity index is 1290. The van der Waals surface area contributed by atoms with Gasteiger partial charge in [0.1, 0.15) is 17.5 Å². The van der Waals surface area contributed by atoms with E-state index in [2.05, 4.69) is 17.2 Å². The van der Waals surface area contributed by atoms with Crippen molar-refractivity contribution in [2.75, 3.05) is 0 Å². The van der Waals surface area contributed by atoms with Gasteiger partial charge in [0.05, 0.1) is 24.0 Å². The lowest BCUT2D eigenvalue weighted by atomic mass is 9.86. The van der Waals surface area contributed by atoms with E-state index in [-0.39, 0.29) is 29.7 Å². The molecule has 0 saturated heterocycles. The molecule has 3 aliphatic rings. The van der Waals surface area contributed by atoms with E-state index in [1.807, 2.05) is 50.2 Å². The van der Waals surface area contributed by atoms with Gasteiger partial charge in [0.2, 0.25) is 5.91 Å². The SMILES string of the molecule is CC[C@]1(C)CC(=O)N(C2C[C@H](C)c3ccc(C(=O)N[C@@H]4c5ccccc5OC(C)(C)[C@H]4O)cc32)C(N)=N1. The highest BCUT2D eigenvalue weighted by Gasteiger charge is 2.44. The van der Waals surface area contributed by atoms with Gasteiger partial charge in [0.25, 0.3) is 5.91 Å². The quantitative estimate of drug-likeness (QED) is 0.583. The number of hydrogen-bond acceptors (Lipinski definition) is 6. The third-order valence-corrected chi connectivity index (χ3v) is 8.26. The summed E-state index contributed by atoms with van der Waals surface area (Å²) in [5.74, 6) is 0.749. The van der Waals surface area contributed by atoms with E-state index >= 15 is 0 Å². The van der Waals surface area contributed by atoms with Crippen LogP contribution in [0.15, 0.2) is 47.5 Å². The molecule has 196 valence electrons. The number of nitrogens with zero attached hydrogens (tertiary/aromatic N) is 2. The molecule has 0 aromatic heterocycles. The first-order valence-corrected chi connectivity index (χ1v) is 13.0. The van der Waals surface area contributed by atoms with Gasteiger partial charge in [-0.1, -0.05) is 38.1 Å². The average molecular weight is 505 g/mol. The number of aliphatic imine (C=N–C) groups is 1. The predicted molar refractivity (Wildman–Crippen MR) is 141 cm³/mol. The topological polar surface area (TPSA) is 117 Å². The molecule has 0 spiro atoms. The van der Waals surface area contributed by atoms with E-state index in [1.54, 1.807) is 24.8 Å². The fourth-order valence-electron chi connectivity index (χ4n) is 5.86. The van der Waals surface area contributed by atoms with Crippen molar-refractivity contribution in [3.05, 3.63) is 64.7 Å². The van der Waals surface area contributed by atoms with Gasteiger partial charge in [-0.25, -0.2) is 4.99 Å². The van der Waals surface area contributed by atoms with Crippen molar-refractivity contribution in [2.24, 2.45) is 10.7 Å². The number of nitrogens with two attached hydrogens (primary N) is 1. The number of ether oxygens (including phenoxy) is 1. The van der Waals surface area contributed by atoms with E-state index in [0.29, 0.717) is 24.2 Å². The third kappa shape index (κ3) is 4.27. The fraction of sp³-hybridized carbons (Fsp3) is 0.483. The summed E-state index contributed by atoms with van der Waals surface area (Å²) in [5, 5.41) is 14.1. The summed E-state index contributed by atoms with van der Waals surface area (Å²) < 4.78 is 5.98. The first kappa shape index (κ1) is 25.3. The monoisotopic (exact) mass is 504 g/mol. The van der Waals surface area contributed by atoms with Crippen LogP contribution >= 0.6 is 0 Å². The lowest BCUT2D eigenvalue weighted by Crippen LogP contribution is -2.53. The van der Waals surface area contributed by atoms with Crippen LogP contribution in [0.3, 0.4) is 0 Å². The molecular weight excluding hydrogens is 468 g/mol. The van der Waals surface area contributed by atoms with Gasteiger partial charge in [-0.3, -0.25) is 14.5 Å². The number of amides is 2. The average Bonchev–Trinajstić information content (AvgIpc) is 3.16. The number of guanidine groups is 1. The number of carbonyl (C=O) groups is 2. The minimum atomic E-state index is -0.941. The number of carbonyl (C=O) groups excluding carboxylic acids is 2. The molecule has 8 heteroatoms. The van der Waals surface area contributed by atoms with Crippen molar-refractivity contribution in [1.29, 1.82) is 0 Å². The molecule has 5 rings (SSSR count). The lowest BCUT2D eigenvalue weighted by Gasteiger charge is -2.42. The molecule has 0 bridgehead atoms. The predicted octanol–water partition coefficient (Wildman–Crippen LogP) is 3.95. The van der Waals surface area contributed by atoms with Crippen molar-refractivity contribution in [1.82, 2.24) is 10.2 Å². The maximum absolute atomic E-state index is 13.5. The summed E-state index contributed by atoms with van der Waals surface area (Å²) >= 11 is 0. The summed E-state index contributed by atoms with van der Waals surface area (Å²) in [6.45, 7) is 9.69. The van der Waals surface area contributed by atoms with Crippen molar-refractivity contribution in [3.63, 3.8) is 0 Å². The molecule has 2 amide bonds. The Hall–Kier alpha value is -3.39. The maximum Gasteiger partial charge on any atom is 0.251 e. The Labute approximate surface area is 217 Å². The second kappa shape index (κ2) is 8.87. The van der Waals surface area contributed by atoms with Crippen LogP contribution < -0.4 is 15.8 Å². The smallest absolute Gasteiger partial charge is 0.251 e. The Morgan fingerprint density at radius 2 is 1.92 bits per heavy atom. The first-order valence-electron chi connectivity index (χ1n) is 13.0. The number of rotatable bonds is 4. The second-order valence-corrected chi connectivity index (χ2v) is 11.4. The minimum Gasteiger partial charge on any atom is -0.485 e. The van der Waals surface area contributed by atoms with E-state index in [9.17, 15) is 14.7 Å². The molecule has 1 aliphatic carbocycles. The molecule has 5 atom stereocenters. The molecule has 4 N–H and O–H groups in total. The third-order valence-electron chi connectivity index (χ3n) is 8.26. The first-order chi connectivity index (χ1) is 17.4.